The molecule has 1 atom stereocenters. The van der Waals surface area contributed by atoms with Gasteiger partial charge < -0.3 is 10.2 Å². The molecule has 0 aromatic heterocycles. The van der Waals surface area contributed by atoms with Gasteiger partial charge in [-0.3, -0.25) is 4.90 Å². The van der Waals surface area contributed by atoms with Crippen molar-refractivity contribution in [1.82, 2.24) is 4.90 Å². The van der Waals surface area contributed by atoms with Crippen LogP contribution < -0.4 is 0 Å². The summed E-state index contributed by atoms with van der Waals surface area (Å²) in [5.41, 5.74) is 0.805. The summed E-state index contributed by atoms with van der Waals surface area (Å²) in [4.78, 5) is 23.0. The van der Waals surface area contributed by atoms with Crippen LogP contribution >= 0.6 is 0 Å². The Morgan fingerprint density at radius 2 is 1.82 bits per heavy atom. The Kier molecular flexibility index (Phi) is 4.51. The van der Waals surface area contributed by atoms with E-state index in [2.05, 4.69) is 0 Å². The molecule has 1 rings (SSSR count). The van der Waals surface area contributed by atoms with Crippen LogP contribution in [0.25, 0.3) is 0 Å². The summed E-state index contributed by atoms with van der Waals surface area (Å²) < 4.78 is 0. The molecule has 0 aliphatic carbocycles. The molecule has 0 aliphatic heterocycles. The predicted octanol–water partition coefficient (Wildman–Crippen LogP) is 1.68. The molecule has 0 unspecified atom stereocenters. The molecule has 0 heterocycles. The summed E-state index contributed by atoms with van der Waals surface area (Å²) in [5, 5.41) is 18.0. The van der Waals surface area contributed by atoms with Gasteiger partial charge in [0.2, 0.25) is 0 Å². The lowest BCUT2D eigenvalue weighted by molar-refractivity contribution is -0.142. The maximum Gasteiger partial charge on any atom is 0.408 e. The second-order valence-electron chi connectivity index (χ2n) is 3.61. The van der Waals surface area contributed by atoms with E-state index in [1.165, 1.54) is 0 Å². The molecule has 17 heavy (non-hydrogen) atoms. The van der Waals surface area contributed by atoms with Crippen molar-refractivity contribution in [2.45, 2.75) is 19.4 Å². The van der Waals surface area contributed by atoms with Crippen LogP contribution in [0.15, 0.2) is 30.3 Å². The molecule has 5 nitrogen and oxygen atoms in total. The van der Waals surface area contributed by atoms with Gasteiger partial charge in [0.15, 0.2) is 0 Å². The van der Waals surface area contributed by atoms with Crippen molar-refractivity contribution in [2.24, 2.45) is 0 Å². The van der Waals surface area contributed by atoms with Crippen LogP contribution in [0.3, 0.4) is 0 Å². The Labute approximate surface area is 99.3 Å². The summed E-state index contributed by atoms with van der Waals surface area (Å²) in [6.45, 7) is 1.77. The average Bonchev–Trinajstić information content (AvgIpc) is 2.29. The van der Waals surface area contributed by atoms with Gasteiger partial charge in [0.1, 0.15) is 6.04 Å². The van der Waals surface area contributed by atoms with Crippen LogP contribution in [0.4, 0.5) is 4.79 Å². The first-order chi connectivity index (χ1) is 8.06. The van der Waals surface area contributed by atoms with Crippen LogP contribution in [0, 0.1) is 0 Å². The first-order valence-corrected chi connectivity index (χ1v) is 5.32. The zero-order chi connectivity index (χ0) is 12.8. The van der Waals surface area contributed by atoms with E-state index in [0.717, 1.165) is 10.5 Å². The molecule has 0 saturated carbocycles. The smallest absolute Gasteiger partial charge is 0.408 e. The lowest BCUT2D eigenvalue weighted by atomic mass is 10.1. The third-order valence-corrected chi connectivity index (χ3v) is 2.52. The van der Waals surface area contributed by atoms with Crippen LogP contribution in [0.5, 0.6) is 0 Å². The molecule has 1 amide bonds. The highest BCUT2D eigenvalue weighted by Crippen LogP contribution is 2.09. The molecule has 1 aromatic carbocycles. The number of amides is 1. The number of carboxylic acids is 1. The van der Waals surface area contributed by atoms with E-state index in [9.17, 15) is 9.59 Å². The van der Waals surface area contributed by atoms with Gasteiger partial charge in [-0.2, -0.15) is 0 Å². The van der Waals surface area contributed by atoms with E-state index in [-0.39, 0.29) is 13.0 Å². The minimum absolute atomic E-state index is 0.152. The van der Waals surface area contributed by atoms with E-state index in [0.29, 0.717) is 0 Å². The highest BCUT2D eigenvalue weighted by atomic mass is 16.4. The van der Waals surface area contributed by atoms with Crippen molar-refractivity contribution in [1.29, 1.82) is 0 Å². The Hall–Kier alpha value is -2.04. The fourth-order valence-corrected chi connectivity index (χ4v) is 1.66. The van der Waals surface area contributed by atoms with Crippen molar-refractivity contribution in [3.63, 3.8) is 0 Å². The molecule has 5 heteroatoms. The lowest BCUT2D eigenvalue weighted by Crippen LogP contribution is -2.45. The van der Waals surface area contributed by atoms with Crippen LogP contribution in [0.1, 0.15) is 12.5 Å². The minimum atomic E-state index is -1.21. The lowest BCUT2D eigenvalue weighted by Gasteiger charge is -2.24. The molecule has 0 saturated heterocycles. The second kappa shape index (κ2) is 5.89. The predicted molar refractivity (Wildman–Crippen MR) is 62.0 cm³/mol. The zero-order valence-corrected chi connectivity index (χ0v) is 9.54. The van der Waals surface area contributed by atoms with Gasteiger partial charge in [-0.25, -0.2) is 9.59 Å². The molecule has 1 aromatic rings. The number of hydrogen-bond donors (Lipinski definition) is 2. The van der Waals surface area contributed by atoms with Gasteiger partial charge in [0.05, 0.1) is 0 Å². The maximum atomic E-state index is 11.1. The maximum absolute atomic E-state index is 11.1. The number of benzene rings is 1. The fraction of sp³-hybridized carbons (Fsp3) is 0.333. The molecule has 0 radical (unpaired) electrons. The number of rotatable bonds is 5. The van der Waals surface area contributed by atoms with E-state index in [1.807, 2.05) is 6.07 Å². The number of aliphatic carboxylic acids is 1. The van der Waals surface area contributed by atoms with Gasteiger partial charge in [-0.15, -0.1) is 0 Å². The summed E-state index contributed by atoms with van der Waals surface area (Å²) in [6.07, 6.45) is -1.04. The number of carboxylic acid groups (broad SMARTS) is 2. The van der Waals surface area contributed by atoms with Gasteiger partial charge in [-0.05, 0) is 12.5 Å². The second-order valence-corrected chi connectivity index (χ2v) is 3.61. The molecule has 0 spiro atoms. The third kappa shape index (κ3) is 3.48. The van der Waals surface area contributed by atoms with E-state index >= 15 is 0 Å². The fourth-order valence-electron chi connectivity index (χ4n) is 1.66. The molecule has 0 bridgehead atoms. The number of carbonyl (C=O) groups is 2. The van der Waals surface area contributed by atoms with Crippen molar-refractivity contribution >= 4 is 12.1 Å². The first kappa shape index (κ1) is 13.0. The molecule has 2 N–H and O–H groups in total. The monoisotopic (exact) mass is 237 g/mol. The average molecular weight is 237 g/mol. The highest BCUT2D eigenvalue weighted by Gasteiger charge is 2.28. The van der Waals surface area contributed by atoms with Crippen LogP contribution in [0.2, 0.25) is 0 Å². The normalized spacial score (nSPS) is 11.8. The summed E-state index contributed by atoms with van der Waals surface area (Å²) in [7, 11) is 0. The van der Waals surface area contributed by atoms with E-state index < -0.39 is 18.1 Å². The molecular formula is C12H15NO4. The minimum Gasteiger partial charge on any atom is -0.480 e. The van der Waals surface area contributed by atoms with Crippen LogP contribution in [-0.4, -0.2) is 39.8 Å². The molecule has 0 aliphatic rings. The Morgan fingerprint density at radius 1 is 1.24 bits per heavy atom. The zero-order valence-electron chi connectivity index (χ0n) is 9.54. The Morgan fingerprint density at radius 3 is 2.24 bits per heavy atom. The van der Waals surface area contributed by atoms with Crippen molar-refractivity contribution in [3.05, 3.63) is 35.9 Å². The summed E-state index contributed by atoms with van der Waals surface area (Å²) >= 11 is 0. The van der Waals surface area contributed by atoms with E-state index in [4.69, 9.17) is 10.2 Å². The Bertz CT molecular complexity index is 391. The number of likely N-dealkylation sites (N-methyl/N-ethyl adjacent to an activating group) is 1. The quantitative estimate of drug-likeness (QED) is 0.816. The molecular weight excluding hydrogens is 222 g/mol. The standard InChI is InChI=1S/C12H15NO4/c1-2-13(12(16)17)10(11(14)15)8-9-6-4-3-5-7-9/h3-7,10H,2,8H2,1H3,(H,14,15)(H,16,17)/t10-/m1/s1. The largest absolute Gasteiger partial charge is 0.480 e. The Balaban J connectivity index is 2.87. The highest BCUT2D eigenvalue weighted by molar-refractivity contribution is 5.79. The van der Waals surface area contributed by atoms with Gasteiger partial charge in [0.25, 0.3) is 0 Å². The van der Waals surface area contributed by atoms with E-state index in [1.54, 1.807) is 31.2 Å². The number of hydrogen-bond acceptors (Lipinski definition) is 2. The topological polar surface area (TPSA) is 77.8 Å². The van der Waals surface area contributed by atoms with Crippen molar-refractivity contribution in [3.8, 4) is 0 Å². The van der Waals surface area contributed by atoms with Gasteiger partial charge in [0, 0.05) is 13.0 Å². The SMILES string of the molecule is CCN(C(=O)O)[C@H](Cc1ccccc1)C(=O)O. The van der Waals surface area contributed by atoms with Crippen LogP contribution in [-0.2, 0) is 11.2 Å². The van der Waals surface area contributed by atoms with Gasteiger partial charge in [-0.1, -0.05) is 30.3 Å². The first-order valence-electron chi connectivity index (χ1n) is 5.32. The van der Waals surface area contributed by atoms with Gasteiger partial charge >= 0.3 is 12.1 Å². The molecule has 0 fully saturated rings. The molecule has 92 valence electrons. The third-order valence-electron chi connectivity index (χ3n) is 2.52. The summed E-state index contributed by atoms with van der Waals surface area (Å²) in [5.74, 6) is -1.13. The van der Waals surface area contributed by atoms with Crippen molar-refractivity contribution in [2.75, 3.05) is 6.54 Å². The number of nitrogens with zero attached hydrogens (tertiary/aromatic N) is 1. The summed E-state index contributed by atoms with van der Waals surface area (Å²) in [6, 6.07) is 7.95. The van der Waals surface area contributed by atoms with Crippen molar-refractivity contribution < 1.29 is 19.8 Å².